The van der Waals surface area contributed by atoms with Crippen molar-refractivity contribution >= 4 is 34.6 Å². The molecule has 0 fully saturated rings. The molecule has 1 amide bonds. The maximum atomic E-state index is 12.4. The van der Waals surface area contributed by atoms with Crippen LogP contribution in [-0.2, 0) is 11.2 Å². The van der Waals surface area contributed by atoms with Gasteiger partial charge in [-0.2, -0.15) is 0 Å². The fourth-order valence-electron chi connectivity index (χ4n) is 2.70. The summed E-state index contributed by atoms with van der Waals surface area (Å²) in [5, 5.41) is 3.64. The SMILES string of the molecule is COc1ccc2ncnc(Oc3cnc(CC(=O)N/C(C=NC(C)(C)C)=C/N)c(Cl)c3)c2c1. The van der Waals surface area contributed by atoms with E-state index in [2.05, 4.69) is 25.3 Å². The van der Waals surface area contributed by atoms with Crippen LogP contribution in [0.3, 0.4) is 0 Å². The first kappa shape index (κ1) is 23.9. The Hall–Kier alpha value is -3.72. The summed E-state index contributed by atoms with van der Waals surface area (Å²) in [7, 11) is 1.58. The van der Waals surface area contributed by atoms with Crippen molar-refractivity contribution in [3.05, 3.63) is 59.4 Å². The maximum absolute atomic E-state index is 12.4. The zero-order valence-electron chi connectivity index (χ0n) is 18.8. The summed E-state index contributed by atoms with van der Waals surface area (Å²) in [5.41, 5.74) is 6.76. The van der Waals surface area contributed by atoms with Gasteiger partial charge in [-0.05, 0) is 39.0 Å². The number of aromatic nitrogens is 3. The predicted molar refractivity (Wildman–Crippen MR) is 128 cm³/mol. The standard InChI is InChI=1S/C23H25ClN6O3/c1-23(2,3)29-11-14(10-25)30-21(31)9-20-18(24)8-16(12-26-20)33-22-17-7-15(32-4)5-6-19(17)27-13-28-22/h5-8,10-13H,9,25H2,1-4H3,(H,30,31)/b14-10+,29-11?. The lowest BCUT2D eigenvalue weighted by molar-refractivity contribution is -0.119. The molecule has 10 heteroatoms. The average Bonchev–Trinajstić information content (AvgIpc) is 2.77. The molecule has 0 radical (unpaired) electrons. The van der Waals surface area contributed by atoms with E-state index in [1.54, 1.807) is 25.3 Å². The van der Waals surface area contributed by atoms with Gasteiger partial charge in [0.2, 0.25) is 11.8 Å². The Morgan fingerprint density at radius 3 is 2.67 bits per heavy atom. The quantitative estimate of drug-likeness (QED) is 0.505. The molecule has 1 aromatic carbocycles. The first-order valence-corrected chi connectivity index (χ1v) is 10.4. The van der Waals surface area contributed by atoms with Gasteiger partial charge in [-0.15, -0.1) is 0 Å². The van der Waals surface area contributed by atoms with Crippen molar-refractivity contribution in [2.75, 3.05) is 7.11 Å². The van der Waals surface area contributed by atoms with Crippen LogP contribution in [0.5, 0.6) is 17.4 Å². The zero-order valence-corrected chi connectivity index (χ0v) is 19.6. The van der Waals surface area contributed by atoms with Gasteiger partial charge in [0.1, 0.15) is 17.8 Å². The Balaban J connectivity index is 1.72. The third kappa shape index (κ3) is 6.63. The summed E-state index contributed by atoms with van der Waals surface area (Å²) in [4.78, 5) is 29.4. The summed E-state index contributed by atoms with van der Waals surface area (Å²) in [6.45, 7) is 5.81. The Bertz CT molecular complexity index is 1220. The van der Waals surface area contributed by atoms with E-state index in [9.17, 15) is 4.79 Å². The summed E-state index contributed by atoms with van der Waals surface area (Å²) in [6.07, 6.45) is 5.63. The number of amides is 1. The van der Waals surface area contributed by atoms with Crippen LogP contribution in [0.25, 0.3) is 10.9 Å². The molecule has 0 aliphatic carbocycles. The number of ether oxygens (including phenoxy) is 2. The number of aliphatic imine (C=N–C) groups is 1. The lowest BCUT2D eigenvalue weighted by Crippen LogP contribution is -2.27. The second kappa shape index (κ2) is 10.3. The Morgan fingerprint density at radius 2 is 2.00 bits per heavy atom. The van der Waals surface area contributed by atoms with E-state index in [1.165, 1.54) is 24.9 Å². The van der Waals surface area contributed by atoms with Crippen LogP contribution in [0.15, 0.2) is 53.7 Å². The Kier molecular flexibility index (Phi) is 7.44. The molecule has 0 saturated heterocycles. The monoisotopic (exact) mass is 468 g/mol. The van der Waals surface area contributed by atoms with E-state index >= 15 is 0 Å². The van der Waals surface area contributed by atoms with Crippen molar-refractivity contribution in [2.24, 2.45) is 10.7 Å². The van der Waals surface area contributed by atoms with Gasteiger partial charge in [0.25, 0.3) is 0 Å². The van der Waals surface area contributed by atoms with Crippen molar-refractivity contribution in [3.63, 3.8) is 0 Å². The van der Waals surface area contributed by atoms with Gasteiger partial charge in [-0.1, -0.05) is 11.6 Å². The molecule has 33 heavy (non-hydrogen) atoms. The van der Waals surface area contributed by atoms with Crippen LogP contribution < -0.4 is 20.5 Å². The molecule has 0 atom stereocenters. The molecule has 2 aromatic heterocycles. The number of carbonyl (C=O) groups excluding carboxylic acids is 1. The molecule has 3 rings (SSSR count). The van der Waals surface area contributed by atoms with Gasteiger partial charge < -0.3 is 20.5 Å². The number of hydrogen-bond donors (Lipinski definition) is 2. The van der Waals surface area contributed by atoms with Crippen molar-refractivity contribution < 1.29 is 14.3 Å². The fraction of sp³-hybridized carbons (Fsp3) is 0.261. The van der Waals surface area contributed by atoms with Crippen LogP contribution in [0.4, 0.5) is 0 Å². The molecule has 0 unspecified atom stereocenters. The molecule has 172 valence electrons. The number of nitrogens with zero attached hydrogens (tertiary/aromatic N) is 4. The van der Waals surface area contributed by atoms with E-state index in [-0.39, 0.29) is 22.9 Å². The number of fused-ring (bicyclic) bond motifs is 1. The van der Waals surface area contributed by atoms with Crippen molar-refractivity contribution in [3.8, 4) is 17.4 Å². The normalized spacial score (nSPS) is 12.2. The van der Waals surface area contributed by atoms with Crippen LogP contribution in [-0.4, -0.2) is 39.7 Å². The van der Waals surface area contributed by atoms with Gasteiger partial charge in [-0.3, -0.25) is 14.8 Å². The molecular formula is C23H25ClN6O3. The van der Waals surface area contributed by atoms with E-state index in [4.69, 9.17) is 26.8 Å². The number of pyridine rings is 1. The molecule has 0 aliphatic heterocycles. The molecule has 0 saturated carbocycles. The van der Waals surface area contributed by atoms with Crippen molar-refractivity contribution in [2.45, 2.75) is 32.7 Å². The number of hydrogen-bond acceptors (Lipinski definition) is 8. The minimum Gasteiger partial charge on any atom is -0.497 e. The second-order valence-electron chi connectivity index (χ2n) is 8.04. The summed E-state index contributed by atoms with van der Waals surface area (Å²) in [5.74, 6) is 1.02. The third-order valence-corrected chi connectivity index (χ3v) is 4.62. The highest BCUT2D eigenvalue weighted by atomic mass is 35.5. The predicted octanol–water partition coefficient (Wildman–Crippen LogP) is 3.81. The van der Waals surface area contributed by atoms with Gasteiger partial charge in [0.15, 0.2) is 0 Å². The highest BCUT2D eigenvalue weighted by Gasteiger charge is 2.14. The van der Waals surface area contributed by atoms with Gasteiger partial charge >= 0.3 is 0 Å². The molecule has 9 nitrogen and oxygen atoms in total. The number of methoxy groups -OCH3 is 1. The molecule has 2 heterocycles. The smallest absolute Gasteiger partial charge is 0.230 e. The number of halogens is 1. The molecule has 3 aromatic rings. The lowest BCUT2D eigenvalue weighted by atomic mass is 10.1. The van der Waals surface area contributed by atoms with E-state index in [0.717, 1.165) is 0 Å². The van der Waals surface area contributed by atoms with Crippen LogP contribution in [0.1, 0.15) is 26.5 Å². The molecule has 0 aliphatic rings. The summed E-state index contributed by atoms with van der Waals surface area (Å²) < 4.78 is 11.1. The molecule has 0 spiro atoms. The highest BCUT2D eigenvalue weighted by Crippen LogP contribution is 2.30. The highest BCUT2D eigenvalue weighted by molar-refractivity contribution is 6.31. The van der Waals surface area contributed by atoms with Gasteiger partial charge in [0.05, 0.1) is 52.6 Å². The van der Waals surface area contributed by atoms with E-state index < -0.39 is 0 Å². The molecule has 3 N–H and O–H groups in total. The van der Waals surface area contributed by atoms with E-state index in [1.807, 2.05) is 26.8 Å². The topological polar surface area (TPSA) is 125 Å². The zero-order chi connectivity index (χ0) is 24.0. The summed E-state index contributed by atoms with van der Waals surface area (Å²) >= 11 is 6.36. The number of carbonyl (C=O) groups is 1. The van der Waals surface area contributed by atoms with E-state index in [0.29, 0.717) is 39.7 Å². The van der Waals surface area contributed by atoms with Crippen LogP contribution in [0, 0.1) is 0 Å². The molecule has 0 bridgehead atoms. The van der Waals surface area contributed by atoms with Gasteiger partial charge in [-0.25, -0.2) is 9.97 Å². The number of nitrogens with two attached hydrogens (primary N) is 1. The average molecular weight is 469 g/mol. The van der Waals surface area contributed by atoms with Crippen molar-refractivity contribution in [1.82, 2.24) is 20.3 Å². The number of allylic oxidation sites excluding steroid dienone is 1. The first-order chi connectivity index (χ1) is 15.7. The fourth-order valence-corrected chi connectivity index (χ4v) is 2.93. The van der Waals surface area contributed by atoms with Crippen molar-refractivity contribution in [1.29, 1.82) is 0 Å². The lowest BCUT2D eigenvalue weighted by Gasteiger charge is -2.12. The number of nitrogens with one attached hydrogen (secondary N) is 1. The van der Waals surface area contributed by atoms with Crippen LogP contribution in [0.2, 0.25) is 5.02 Å². The first-order valence-electron chi connectivity index (χ1n) is 10.1. The number of benzene rings is 1. The second-order valence-corrected chi connectivity index (χ2v) is 8.45. The third-order valence-electron chi connectivity index (χ3n) is 4.30. The van der Waals surface area contributed by atoms with Gasteiger partial charge in [0, 0.05) is 18.5 Å². The largest absolute Gasteiger partial charge is 0.497 e. The minimum absolute atomic E-state index is 0.0482. The Labute approximate surface area is 196 Å². The minimum atomic E-state index is -0.330. The number of rotatable bonds is 7. The summed E-state index contributed by atoms with van der Waals surface area (Å²) in [6, 6.07) is 6.97. The van der Waals surface area contributed by atoms with Crippen LogP contribution >= 0.6 is 11.6 Å². The Morgan fingerprint density at radius 1 is 1.21 bits per heavy atom. The molecular weight excluding hydrogens is 444 g/mol. The maximum Gasteiger partial charge on any atom is 0.230 e.